The Morgan fingerprint density at radius 1 is 0.750 bits per heavy atom. The second-order valence-electron chi connectivity index (χ2n) is 5.32. The van der Waals surface area contributed by atoms with Crippen LogP contribution in [0.15, 0.2) is 84.9 Å². The normalized spacial score (nSPS) is 11.2. The summed E-state index contributed by atoms with van der Waals surface area (Å²) >= 11 is 0. The van der Waals surface area contributed by atoms with Crippen molar-refractivity contribution in [3.8, 4) is 5.75 Å². The van der Waals surface area contributed by atoms with E-state index in [4.69, 9.17) is 9.84 Å². The molecule has 0 radical (unpaired) electrons. The van der Waals surface area contributed by atoms with Gasteiger partial charge in [-0.2, -0.15) is 0 Å². The molecule has 122 valence electrons. The summed E-state index contributed by atoms with van der Waals surface area (Å²) in [6, 6.07) is 26.3. The van der Waals surface area contributed by atoms with Crippen LogP contribution < -0.4 is 20.7 Å². The van der Waals surface area contributed by atoms with E-state index in [9.17, 15) is 4.57 Å². The van der Waals surface area contributed by atoms with Crippen LogP contribution >= 0.6 is 7.14 Å². The molecule has 1 N–H and O–H groups in total. The van der Waals surface area contributed by atoms with Gasteiger partial charge >= 0.3 is 0 Å². The number of para-hydroxylation sites is 1. The van der Waals surface area contributed by atoms with Crippen molar-refractivity contribution in [1.82, 2.24) is 0 Å². The summed E-state index contributed by atoms with van der Waals surface area (Å²) in [6.45, 7) is 0.0793. The van der Waals surface area contributed by atoms with E-state index >= 15 is 0 Å². The van der Waals surface area contributed by atoms with Crippen LogP contribution in [0.5, 0.6) is 5.75 Å². The predicted octanol–water partition coefficient (Wildman–Crippen LogP) is 2.70. The number of hydrogen-bond donors (Lipinski definition) is 1. The standard InChI is InChI=1S/C20H19O3P/c21-15-16-23-19-13-7-8-14-20(19)24(22,17-9-3-1-4-10-17)18-11-5-2-6-12-18/h1-14,21H,15-16H2. The van der Waals surface area contributed by atoms with Crippen molar-refractivity contribution >= 4 is 23.1 Å². The van der Waals surface area contributed by atoms with Crippen molar-refractivity contribution in [2.24, 2.45) is 0 Å². The van der Waals surface area contributed by atoms with Crippen LogP contribution in [0, 0.1) is 0 Å². The van der Waals surface area contributed by atoms with Gasteiger partial charge in [-0.25, -0.2) is 0 Å². The van der Waals surface area contributed by atoms with E-state index in [0.29, 0.717) is 11.1 Å². The van der Waals surface area contributed by atoms with Crippen LogP contribution in [0.25, 0.3) is 0 Å². The zero-order valence-electron chi connectivity index (χ0n) is 13.2. The van der Waals surface area contributed by atoms with Gasteiger partial charge in [0.15, 0.2) is 7.14 Å². The largest absolute Gasteiger partial charge is 0.490 e. The van der Waals surface area contributed by atoms with E-state index in [0.717, 1.165) is 10.6 Å². The molecule has 0 fully saturated rings. The SMILES string of the molecule is O=P(c1ccccc1)(c1ccccc1)c1ccccc1OCCO. The fourth-order valence-electron chi connectivity index (χ4n) is 2.70. The van der Waals surface area contributed by atoms with Gasteiger partial charge in [-0.05, 0) is 12.1 Å². The Balaban J connectivity index is 2.23. The summed E-state index contributed by atoms with van der Waals surface area (Å²) < 4.78 is 19.9. The van der Waals surface area contributed by atoms with Crippen molar-refractivity contribution in [2.75, 3.05) is 13.2 Å². The molecule has 24 heavy (non-hydrogen) atoms. The third-order valence-corrected chi connectivity index (χ3v) is 6.89. The molecule has 0 amide bonds. The first kappa shape index (κ1) is 16.5. The molecule has 3 nitrogen and oxygen atoms in total. The Morgan fingerprint density at radius 2 is 1.25 bits per heavy atom. The highest BCUT2D eigenvalue weighted by Gasteiger charge is 2.32. The Hall–Kier alpha value is -2.35. The van der Waals surface area contributed by atoms with Gasteiger partial charge < -0.3 is 14.4 Å². The second kappa shape index (κ2) is 7.48. The van der Waals surface area contributed by atoms with E-state index < -0.39 is 7.14 Å². The highest BCUT2D eigenvalue weighted by molar-refractivity contribution is 7.85. The maximum absolute atomic E-state index is 14.3. The molecule has 0 aromatic heterocycles. The van der Waals surface area contributed by atoms with Crippen LogP contribution in [-0.2, 0) is 4.57 Å². The molecule has 0 heterocycles. The smallest absolute Gasteiger partial charge is 0.174 e. The average Bonchev–Trinajstić information content (AvgIpc) is 2.67. The Bertz CT molecular complexity index is 788. The number of rotatable bonds is 6. The molecule has 0 atom stereocenters. The maximum Gasteiger partial charge on any atom is 0.174 e. The minimum atomic E-state index is -3.06. The first-order valence-corrected chi connectivity index (χ1v) is 9.52. The third-order valence-electron chi connectivity index (χ3n) is 3.79. The number of ether oxygens (including phenoxy) is 1. The summed E-state index contributed by atoms with van der Waals surface area (Å²) in [5.74, 6) is 0.544. The van der Waals surface area contributed by atoms with Crippen molar-refractivity contribution in [3.63, 3.8) is 0 Å². The van der Waals surface area contributed by atoms with Gasteiger partial charge in [0.05, 0.1) is 11.9 Å². The van der Waals surface area contributed by atoms with Crippen molar-refractivity contribution in [2.45, 2.75) is 0 Å². The van der Waals surface area contributed by atoms with Crippen molar-refractivity contribution in [3.05, 3.63) is 84.9 Å². The Kier molecular flexibility index (Phi) is 5.14. The number of benzene rings is 3. The highest BCUT2D eigenvalue weighted by atomic mass is 31.2. The van der Waals surface area contributed by atoms with Crippen LogP contribution in [0.1, 0.15) is 0 Å². The van der Waals surface area contributed by atoms with Crippen LogP contribution in [-0.4, -0.2) is 18.3 Å². The third kappa shape index (κ3) is 3.14. The lowest BCUT2D eigenvalue weighted by Gasteiger charge is -2.22. The van der Waals surface area contributed by atoms with Gasteiger partial charge in [0.2, 0.25) is 0 Å². The van der Waals surface area contributed by atoms with Gasteiger partial charge in [-0.3, -0.25) is 0 Å². The molecule has 3 aromatic rings. The molecule has 0 saturated heterocycles. The minimum Gasteiger partial charge on any atom is -0.490 e. The molecule has 4 heteroatoms. The topological polar surface area (TPSA) is 46.5 Å². The average molecular weight is 338 g/mol. The predicted molar refractivity (Wildman–Crippen MR) is 98.4 cm³/mol. The molecule has 0 unspecified atom stereocenters. The molecule has 3 aromatic carbocycles. The zero-order chi connectivity index (χ0) is 16.8. The quantitative estimate of drug-likeness (QED) is 0.703. The summed E-state index contributed by atoms with van der Waals surface area (Å²) in [6.07, 6.45) is 0. The highest BCUT2D eigenvalue weighted by Crippen LogP contribution is 2.44. The lowest BCUT2D eigenvalue weighted by molar-refractivity contribution is 0.202. The summed E-state index contributed by atoms with van der Waals surface area (Å²) in [4.78, 5) is 0. The first-order chi connectivity index (χ1) is 11.8. The second-order valence-corrected chi connectivity index (χ2v) is 8.05. The van der Waals surface area contributed by atoms with E-state index in [2.05, 4.69) is 0 Å². The van der Waals surface area contributed by atoms with Gasteiger partial charge in [0.25, 0.3) is 0 Å². The van der Waals surface area contributed by atoms with Crippen molar-refractivity contribution in [1.29, 1.82) is 0 Å². The van der Waals surface area contributed by atoms with E-state index in [1.165, 1.54) is 0 Å². The van der Waals surface area contributed by atoms with Crippen LogP contribution in [0.2, 0.25) is 0 Å². The lowest BCUT2D eigenvalue weighted by atomic mass is 10.3. The Morgan fingerprint density at radius 3 is 1.79 bits per heavy atom. The molecule has 0 aliphatic rings. The van der Waals surface area contributed by atoms with E-state index in [1.54, 1.807) is 6.07 Å². The molecule has 0 bridgehead atoms. The monoisotopic (exact) mass is 338 g/mol. The van der Waals surface area contributed by atoms with Crippen LogP contribution in [0.4, 0.5) is 0 Å². The van der Waals surface area contributed by atoms with Crippen molar-refractivity contribution < 1.29 is 14.4 Å². The summed E-state index contributed by atoms with van der Waals surface area (Å²) in [7, 11) is -3.06. The number of aliphatic hydroxyl groups excluding tert-OH is 1. The molecule has 3 rings (SSSR count). The van der Waals surface area contributed by atoms with E-state index in [1.807, 2.05) is 78.9 Å². The molecule has 0 spiro atoms. The molecular formula is C20H19O3P. The molecular weight excluding hydrogens is 319 g/mol. The zero-order valence-corrected chi connectivity index (χ0v) is 14.1. The molecule has 0 saturated carbocycles. The lowest BCUT2D eigenvalue weighted by Crippen LogP contribution is -2.26. The van der Waals surface area contributed by atoms with E-state index in [-0.39, 0.29) is 13.2 Å². The first-order valence-electron chi connectivity index (χ1n) is 7.81. The van der Waals surface area contributed by atoms with Gasteiger partial charge in [-0.15, -0.1) is 0 Å². The maximum atomic E-state index is 14.3. The fourth-order valence-corrected chi connectivity index (χ4v) is 5.48. The van der Waals surface area contributed by atoms with Gasteiger partial charge in [0.1, 0.15) is 12.4 Å². The summed E-state index contributed by atoms with van der Waals surface area (Å²) in [5, 5.41) is 11.2. The molecule has 0 aliphatic carbocycles. The Labute approximate surface area is 141 Å². The molecule has 0 aliphatic heterocycles. The number of aliphatic hydroxyl groups is 1. The fraction of sp³-hybridized carbons (Fsp3) is 0.100. The minimum absolute atomic E-state index is 0.0880. The van der Waals surface area contributed by atoms with Gasteiger partial charge in [0, 0.05) is 10.6 Å². The summed E-state index contributed by atoms with van der Waals surface area (Å²) in [5.41, 5.74) is 0. The van der Waals surface area contributed by atoms with Gasteiger partial charge in [-0.1, -0.05) is 72.8 Å². The van der Waals surface area contributed by atoms with Crippen LogP contribution in [0.3, 0.4) is 0 Å². The number of hydrogen-bond acceptors (Lipinski definition) is 3.